The zero-order valence-corrected chi connectivity index (χ0v) is 13.1. The van der Waals surface area contributed by atoms with Gasteiger partial charge in [-0.15, -0.1) is 11.8 Å². The van der Waals surface area contributed by atoms with Crippen LogP contribution in [0.1, 0.15) is 16.7 Å². The number of phenolic OH excluding ortho intramolecular Hbond substituents is 1. The third kappa shape index (κ3) is 2.91. The SMILES string of the molecule is Cc1ccc(C)c(CSc2ccc(O)c3ccccc23)c1. The van der Waals surface area contributed by atoms with Gasteiger partial charge in [-0.25, -0.2) is 0 Å². The second-order valence-corrected chi connectivity index (χ2v) is 6.36. The van der Waals surface area contributed by atoms with E-state index < -0.39 is 0 Å². The van der Waals surface area contributed by atoms with Crippen LogP contribution in [-0.4, -0.2) is 5.11 Å². The van der Waals surface area contributed by atoms with Gasteiger partial charge in [0.05, 0.1) is 0 Å². The lowest BCUT2D eigenvalue weighted by molar-refractivity contribution is 0.481. The van der Waals surface area contributed by atoms with Gasteiger partial charge in [-0.2, -0.15) is 0 Å². The molecule has 0 atom stereocenters. The molecule has 0 aliphatic heterocycles. The molecule has 1 nitrogen and oxygen atoms in total. The van der Waals surface area contributed by atoms with E-state index in [4.69, 9.17) is 0 Å². The minimum Gasteiger partial charge on any atom is -0.507 e. The highest BCUT2D eigenvalue weighted by Crippen LogP contribution is 2.35. The Balaban J connectivity index is 1.92. The van der Waals surface area contributed by atoms with Crippen LogP contribution in [0.2, 0.25) is 0 Å². The molecule has 0 radical (unpaired) electrons. The number of hydrogen-bond acceptors (Lipinski definition) is 2. The predicted octanol–water partition coefficient (Wildman–Crippen LogP) is 5.45. The Morgan fingerprint density at radius 3 is 2.48 bits per heavy atom. The molecule has 3 aromatic carbocycles. The fraction of sp³-hybridized carbons (Fsp3) is 0.158. The van der Waals surface area contributed by atoms with Crippen molar-refractivity contribution in [1.29, 1.82) is 0 Å². The zero-order chi connectivity index (χ0) is 14.8. The molecule has 1 N–H and O–H groups in total. The van der Waals surface area contributed by atoms with Crippen LogP contribution in [-0.2, 0) is 5.75 Å². The lowest BCUT2D eigenvalue weighted by Gasteiger charge is -2.10. The van der Waals surface area contributed by atoms with Crippen LogP contribution in [0.15, 0.2) is 59.5 Å². The van der Waals surface area contributed by atoms with E-state index in [9.17, 15) is 5.11 Å². The fourth-order valence-corrected chi connectivity index (χ4v) is 3.61. The highest BCUT2D eigenvalue weighted by molar-refractivity contribution is 7.98. The Bertz CT molecular complexity index is 793. The molecule has 0 saturated heterocycles. The minimum atomic E-state index is 0.349. The first-order chi connectivity index (χ1) is 10.1. The lowest BCUT2D eigenvalue weighted by Crippen LogP contribution is -1.88. The number of phenols is 1. The van der Waals surface area contributed by atoms with E-state index in [1.54, 1.807) is 6.07 Å². The van der Waals surface area contributed by atoms with Crippen LogP contribution in [0.25, 0.3) is 10.8 Å². The Hall–Kier alpha value is -1.93. The van der Waals surface area contributed by atoms with E-state index in [1.807, 2.05) is 36.0 Å². The third-order valence-corrected chi connectivity index (χ3v) is 4.87. The number of aryl methyl sites for hydroxylation is 2. The maximum absolute atomic E-state index is 9.95. The number of aromatic hydroxyl groups is 1. The number of benzene rings is 3. The second-order valence-electron chi connectivity index (χ2n) is 5.35. The molecule has 0 unspecified atom stereocenters. The highest BCUT2D eigenvalue weighted by Gasteiger charge is 2.06. The molecule has 0 saturated carbocycles. The van der Waals surface area contributed by atoms with Crippen molar-refractivity contribution >= 4 is 22.5 Å². The molecule has 0 amide bonds. The van der Waals surface area contributed by atoms with Crippen LogP contribution in [0.3, 0.4) is 0 Å². The van der Waals surface area contributed by atoms with Gasteiger partial charge >= 0.3 is 0 Å². The zero-order valence-electron chi connectivity index (χ0n) is 12.3. The maximum atomic E-state index is 9.95. The summed E-state index contributed by atoms with van der Waals surface area (Å²) in [5.41, 5.74) is 4.00. The van der Waals surface area contributed by atoms with Crippen LogP contribution in [0.4, 0.5) is 0 Å². The second kappa shape index (κ2) is 5.82. The largest absolute Gasteiger partial charge is 0.507 e. The Morgan fingerprint density at radius 2 is 1.67 bits per heavy atom. The first-order valence-corrected chi connectivity index (χ1v) is 8.03. The van der Waals surface area contributed by atoms with Crippen molar-refractivity contribution < 1.29 is 5.11 Å². The van der Waals surface area contributed by atoms with Gasteiger partial charge in [0.2, 0.25) is 0 Å². The Morgan fingerprint density at radius 1 is 0.905 bits per heavy atom. The van der Waals surface area contributed by atoms with Crippen LogP contribution in [0.5, 0.6) is 5.75 Å². The van der Waals surface area contributed by atoms with Gasteiger partial charge in [-0.3, -0.25) is 0 Å². The summed E-state index contributed by atoms with van der Waals surface area (Å²) < 4.78 is 0. The van der Waals surface area contributed by atoms with E-state index in [0.29, 0.717) is 5.75 Å². The van der Waals surface area contributed by atoms with E-state index in [0.717, 1.165) is 16.5 Å². The standard InChI is InChI=1S/C19H18OS/c1-13-7-8-14(2)15(11-13)12-21-19-10-9-18(20)16-5-3-4-6-17(16)19/h3-11,20H,12H2,1-2H3. The summed E-state index contributed by atoms with van der Waals surface area (Å²) in [7, 11) is 0. The van der Waals surface area contributed by atoms with Crippen molar-refractivity contribution in [2.45, 2.75) is 24.5 Å². The Labute approximate surface area is 129 Å². The van der Waals surface area contributed by atoms with Crippen molar-refractivity contribution in [3.63, 3.8) is 0 Å². The van der Waals surface area contributed by atoms with Crippen molar-refractivity contribution in [3.05, 3.63) is 71.3 Å². The van der Waals surface area contributed by atoms with E-state index in [1.165, 1.54) is 21.6 Å². The number of hydrogen-bond donors (Lipinski definition) is 1. The van der Waals surface area contributed by atoms with Crippen LogP contribution in [0, 0.1) is 13.8 Å². The van der Waals surface area contributed by atoms with Crippen LogP contribution >= 0.6 is 11.8 Å². The minimum absolute atomic E-state index is 0.349. The molecule has 106 valence electrons. The monoisotopic (exact) mass is 294 g/mol. The molecule has 21 heavy (non-hydrogen) atoms. The molecule has 0 heterocycles. The van der Waals surface area contributed by atoms with Gasteiger partial charge in [0.1, 0.15) is 5.75 Å². The summed E-state index contributed by atoms with van der Waals surface area (Å²) in [6, 6.07) is 18.4. The average molecular weight is 294 g/mol. The third-order valence-electron chi connectivity index (χ3n) is 3.75. The summed E-state index contributed by atoms with van der Waals surface area (Å²) in [5, 5.41) is 12.0. The number of fused-ring (bicyclic) bond motifs is 1. The maximum Gasteiger partial charge on any atom is 0.123 e. The molecule has 0 aliphatic rings. The Kier molecular flexibility index (Phi) is 3.89. The van der Waals surface area contributed by atoms with Gasteiger partial charge < -0.3 is 5.11 Å². The first-order valence-electron chi connectivity index (χ1n) is 7.05. The summed E-state index contributed by atoms with van der Waals surface area (Å²) in [5.74, 6) is 1.30. The predicted molar refractivity (Wildman–Crippen MR) is 91.1 cm³/mol. The highest BCUT2D eigenvalue weighted by atomic mass is 32.2. The van der Waals surface area contributed by atoms with Crippen molar-refractivity contribution in [1.82, 2.24) is 0 Å². The van der Waals surface area contributed by atoms with E-state index in [2.05, 4.69) is 38.1 Å². The number of thioether (sulfide) groups is 1. The summed E-state index contributed by atoms with van der Waals surface area (Å²) >= 11 is 1.82. The summed E-state index contributed by atoms with van der Waals surface area (Å²) in [6.45, 7) is 4.29. The molecule has 2 heteroatoms. The quantitative estimate of drug-likeness (QED) is 0.648. The fourth-order valence-electron chi connectivity index (χ4n) is 2.49. The molecule has 0 aliphatic carbocycles. The van der Waals surface area contributed by atoms with Crippen LogP contribution < -0.4 is 0 Å². The van der Waals surface area contributed by atoms with E-state index >= 15 is 0 Å². The summed E-state index contributed by atoms with van der Waals surface area (Å²) in [4.78, 5) is 1.21. The summed E-state index contributed by atoms with van der Waals surface area (Å²) in [6.07, 6.45) is 0. The van der Waals surface area contributed by atoms with Crippen molar-refractivity contribution in [2.24, 2.45) is 0 Å². The van der Waals surface area contributed by atoms with Gasteiger partial charge in [0.25, 0.3) is 0 Å². The van der Waals surface area contributed by atoms with Crippen molar-refractivity contribution in [2.75, 3.05) is 0 Å². The van der Waals surface area contributed by atoms with Gasteiger partial charge in [0, 0.05) is 16.0 Å². The normalized spacial score (nSPS) is 11.0. The molecule has 3 rings (SSSR count). The lowest BCUT2D eigenvalue weighted by atomic mass is 10.1. The van der Waals surface area contributed by atoms with E-state index in [-0.39, 0.29) is 0 Å². The van der Waals surface area contributed by atoms with Gasteiger partial charge in [-0.1, -0.05) is 48.0 Å². The van der Waals surface area contributed by atoms with Gasteiger partial charge in [0.15, 0.2) is 0 Å². The number of rotatable bonds is 3. The topological polar surface area (TPSA) is 20.2 Å². The first kappa shape index (κ1) is 14.0. The van der Waals surface area contributed by atoms with Crippen molar-refractivity contribution in [3.8, 4) is 5.75 Å². The molecular weight excluding hydrogens is 276 g/mol. The molecule has 0 bridgehead atoms. The average Bonchev–Trinajstić information content (AvgIpc) is 2.50. The van der Waals surface area contributed by atoms with Gasteiger partial charge in [-0.05, 0) is 42.5 Å². The molecule has 0 aromatic heterocycles. The molecular formula is C19H18OS. The molecule has 0 spiro atoms. The smallest absolute Gasteiger partial charge is 0.123 e. The molecule has 3 aromatic rings. The molecule has 0 fully saturated rings.